The van der Waals surface area contributed by atoms with Crippen molar-refractivity contribution in [2.75, 3.05) is 26.1 Å². The predicted octanol–water partition coefficient (Wildman–Crippen LogP) is 5.25. The van der Waals surface area contributed by atoms with Gasteiger partial charge in [-0.2, -0.15) is 0 Å². The molecule has 0 atom stereocenters. The van der Waals surface area contributed by atoms with Gasteiger partial charge >= 0.3 is 0 Å². The Morgan fingerprint density at radius 2 is 1.61 bits per heavy atom. The molecule has 4 nitrogen and oxygen atoms in total. The van der Waals surface area contributed by atoms with Gasteiger partial charge in [-0.25, -0.2) is 4.98 Å². The van der Waals surface area contributed by atoms with Gasteiger partial charge in [0.15, 0.2) is 0 Å². The molecule has 0 aliphatic carbocycles. The molecule has 0 N–H and O–H groups in total. The Morgan fingerprint density at radius 1 is 0.893 bits per heavy atom. The highest BCUT2D eigenvalue weighted by Crippen LogP contribution is 2.23. The molecule has 0 radical (unpaired) electrons. The van der Waals surface area contributed by atoms with Gasteiger partial charge in [0, 0.05) is 37.7 Å². The third kappa shape index (κ3) is 3.76. The number of nitrogens with zero attached hydrogens (tertiary/aromatic N) is 3. The van der Waals surface area contributed by atoms with E-state index < -0.39 is 0 Å². The van der Waals surface area contributed by atoms with E-state index in [1.54, 1.807) is 7.11 Å². The molecular formula is C24H23N3O. The first kappa shape index (κ1) is 17.9. The number of pyridine rings is 1. The van der Waals surface area contributed by atoms with Crippen molar-refractivity contribution in [3.63, 3.8) is 0 Å². The first-order chi connectivity index (χ1) is 13.6. The van der Waals surface area contributed by atoms with Crippen molar-refractivity contribution >= 4 is 23.5 Å². The Morgan fingerprint density at radius 3 is 2.29 bits per heavy atom. The molecule has 0 spiro atoms. The third-order valence-corrected chi connectivity index (χ3v) is 4.75. The minimum absolute atomic E-state index is 0.846. The second-order valence-corrected chi connectivity index (χ2v) is 6.90. The molecule has 2 aromatic heterocycles. The number of benzene rings is 2. The van der Waals surface area contributed by atoms with E-state index in [4.69, 9.17) is 9.72 Å². The van der Waals surface area contributed by atoms with E-state index in [2.05, 4.69) is 53.5 Å². The maximum atomic E-state index is 5.23. The van der Waals surface area contributed by atoms with Gasteiger partial charge in [0.05, 0.1) is 12.8 Å². The Kier molecular flexibility index (Phi) is 4.85. The minimum atomic E-state index is 0.846. The first-order valence-electron chi connectivity index (χ1n) is 9.21. The maximum Gasteiger partial charge on any atom is 0.138 e. The molecule has 2 heterocycles. The monoisotopic (exact) mass is 369 g/mol. The number of imidazole rings is 1. The topological polar surface area (TPSA) is 29.8 Å². The van der Waals surface area contributed by atoms with Crippen LogP contribution in [-0.2, 0) is 0 Å². The van der Waals surface area contributed by atoms with Crippen LogP contribution >= 0.6 is 0 Å². The quantitative estimate of drug-likeness (QED) is 0.481. The lowest BCUT2D eigenvalue weighted by Gasteiger charge is -2.11. The molecule has 4 aromatic rings. The van der Waals surface area contributed by atoms with E-state index in [-0.39, 0.29) is 0 Å². The zero-order valence-corrected chi connectivity index (χ0v) is 16.3. The van der Waals surface area contributed by atoms with Gasteiger partial charge in [-0.15, -0.1) is 0 Å². The smallest absolute Gasteiger partial charge is 0.138 e. The average molecular weight is 369 g/mol. The van der Waals surface area contributed by atoms with Gasteiger partial charge in [0.25, 0.3) is 0 Å². The van der Waals surface area contributed by atoms with E-state index in [1.165, 1.54) is 11.3 Å². The molecule has 2 aromatic carbocycles. The highest BCUT2D eigenvalue weighted by molar-refractivity contribution is 5.72. The summed E-state index contributed by atoms with van der Waals surface area (Å²) in [6.07, 6.45) is 8.33. The molecule has 0 fully saturated rings. The van der Waals surface area contributed by atoms with Gasteiger partial charge in [-0.3, -0.25) is 0 Å². The number of hydrogen-bond donors (Lipinski definition) is 0. The van der Waals surface area contributed by atoms with Crippen LogP contribution in [0, 0.1) is 0 Å². The molecule has 0 aliphatic rings. The Balaban J connectivity index is 1.57. The summed E-state index contributed by atoms with van der Waals surface area (Å²) in [5.41, 5.74) is 6.44. The number of anilines is 1. The van der Waals surface area contributed by atoms with Crippen molar-refractivity contribution in [2.24, 2.45) is 0 Å². The van der Waals surface area contributed by atoms with E-state index >= 15 is 0 Å². The Labute approximate surface area is 165 Å². The first-order valence-corrected chi connectivity index (χ1v) is 9.21. The molecule has 4 heteroatoms. The standard InChI is InChI=1S/C24H23N3O/c1-26(2)21-10-6-18(7-11-21)4-5-19-14-15-27-17-23(25-24(27)16-19)20-8-12-22(28-3)13-9-20/h4-17H,1-3H3/b5-4+. The van der Waals surface area contributed by atoms with E-state index in [0.29, 0.717) is 0 Å². The van der Waals surface area contributed by atoms with Crippen molar-refractivity contribution in [3.8, 4) is 17.0 Å². The molecule has 0 aliphatic heterocycles. The van der Waals surface area contributed by atoms with Crippen LogP contribution in [0.1, 0.15) is 11.1 Å². The fourth-order valence-corrected chi connectivity index (χ4v) is 3.08. The van der Waals surface area contributed by atoms with Crippen LogP contribution in [-0.4, -0.2) is 30.6 Å². The Bertz CT molecular complexity index is 1110. The van der Waals surface area contributed by atoms with Crippen LogP contribution in [0.15, 0.2) is 73.1 Å². The van der Waals surface area contributed by atoms with Crippen molar-refractivity contribution in [2.45, 2.75) is 0 Å². The van der Waals surface area contributed by atoms with Crippen LogP contribution in [0.2, 0.25) is 0 Å². The van der Waals surface area contributed by atoms with Crippen molar-refractivity contribution in [1.29, 1.82) is 0 Å². The lowest BCUT2D eigenvalue weighted by Crippen LogP contribution is -2.07. The normalized spacial score (nSPS) is 11.2. The molecule has 140 valence electrons. The zero-order chi connectivity index (χ0) is 19.5. The minimum Gasteiger partial charge on any atom is -0.497 e. The van der Waals surface area contributed by atoms with Crippen LogP contribution in [0.4, 0.5) is 5.69 Å². The molecule has 0 saturated heterocycles. The summed E-state index contributed by atoms with van der Waals surface area (Å²) >= 11 is 0. The highest BCUT2D eigenvalue weighted by atomic mass is 16.5. The summed E-state index contributed by atoms with van der Waals surface area (Å²) in [6, 6.07) is 20.7. The fourth-order valence-electron chi connectivity index (χ4n) is 3.08. The summed E-state index contributed by atoms with van der Waals surface area (Å²) in [5, 5.41) is 0. The molecule has 4 rings (SSSR count). The molecule has 0 saturated carbocycles. The largest absolute Gasteiger partial charge is 0.497 e. The summed E-state index contributed by atoms with van der Waals surface area (Å²) in [6.45, 7) is 0. The summed E-state index contributed by atoms with van der Waals surface area (Å²) in [5.74, 6) is 0.846. The van der Waals surface area contributed by atoms with Gasteiger partial charge < -0.3 is 14.0 Å². The number of aromatic nitrogens is 2. The van der Waals surface area contributed by atoms with Crippen molar-refractivity contribution in [3.05, 3.63) is 84.2 Å². The number of methoxy groups -OCH3 is 1. The predicted molar refractivity (Wildman–Crippen MR) is 117 cm³/mol. The highest BCUT2D eigenvalue weighted by Gasteiger charge is 2.05. The fraction of sp³-hybridized carbons (Fsp3) is 0.125. The summed E-state index contributed by atoms with van der Waals surface area (Å²) in [4.78, 5) is 6.87. The van der Waals surface area contributed by atoms with Gasteiger partial charge in [0.2, 0.25) is 0 Å². The van der Waals surface area contributed by atoms with Crippen LogP contribution < -0.4 is 9.64 Å². The lowest BCUT2D eigenvalue weighted by atomic mass is 10.1. The SMILES string of the molecule is COc1ccc(-c2cn3ccc(/C=C/c4ccc(N(C)C)cc4)cc3n2)cc1. The second-order valence-electron chi connectivity index (χ2n) is 6.90. The van der Waals surface area contributed by atoms with Gasteiger partial charge in [0.1, 0.15) is 11.4 Å². The van der Waals surface area contributed by atoms with Crippen molar-refractivity contribution in [1.82, 2.24) is 9.38 Å². The Hall–Kier alpha value is -3.53. The third-order valence-electron chi connectivity index (χ3n) is 4.75. The van der Waals surface area contributed by atoms with E-state index in [0.717, 1.165) is 28.2 Å². The molecule has 0 amide bonds. The van der Waals surface area contributed by atoms with Crippen LogP contribution in [0.3, 0.4) is 0 Å². The number of fused-ring (bicyclic) bond motifs is 1. The van der Waals surface area contributed by atoms with Crippen LogP contribution in [0.5, 0.6) is 5.75 Å². The zero-order valence-electron chi connectivity index (χ0n) is 16.3. The number of hydrogen-bond acceptors (Lipinski definition) is 3. The van der Waals surface area contributed by atoms with Gasteiger partial charge in [-0.05, 0) is 59.7 Å². The maximum absolute atomic E-state index is 5.23. The molecule has 28 heavy (non-hydrogen) atoms. The van der Waals surface area contributed by atoms with E-state index in [1.807, 2.05) is 55.2 Å². The van der Waals surface area contributed by atoms with E-state index in [9.17, 15) is 0 Å². The second kappa shape index (κ2) is 7.61. The van der Waals surface area contributed by atoms with Gasteiger partial charge in [-0.1, -0.05) is 24.3 Å². The molecule has 0 bridgehead atoms. The van der Waals surface area contributed by atoms with Crippen LogP contribution in [0.25, 0.3) is 29.1 Å². The molecular weight excluding hydrogens is 346 g/mol. The van der Waals surface area contributed by atoms with Crippen molar-refractivity contribution < 1.29 is 4.74 Å². The number of rotatable bonds is 5. The average Bonchev–Trinajstić information content (AvgIpc) is 3.16. The number of ether oxygens (including phenoxy) is 1. The summed E-state index contributed by atoms with van der Waals surface area (Å²) in [7, 11) is 5.77. The summed E-state index contributed by atoms with van der Waals surface area (Å²) < 4.78 is 7.27. The molecule has 0 unspecified atom stereocenters. The lowest BCUT2D eigenvalue weighted by molar-refractivity contribution is 0.415.